The largest absolute Gasteiger partial charge is 0.464 e. The van der Waals surface area contributed by atoms with Gasteiger partial charge in [0, 0.05) is 0 Å². The van der Waals surface area contributed by atoms with Gasteiger partial charge in [0.15, 0.2) is 5.69 Å². The van der Waals surface area contributed by atoms with Crippen LogP contribution in [0.15, 0.2) is 6.20 Å². The van der Waals surface area contributed by atoms with Crippen LogP contribution in [0.2, 0.25) is 0 Å². The molecule has 0 aromatic carbocycles. The number of aromatic nitrogens is 3. The number of methoxy groups -OCH3 is 1. The summed E-state index contributed by atoms with van der Waals surface area (Å²) in [6.07, 6.45) is 2.05. The van der Waals surface area contributed by atoms with Crippen LogP contribution in [0.5, 0.6) is 0 Å². The zero-order valence-electron chi connectivity index (χ0n) is 9.10. The zero-order valence-corrected chi connectivity index (χ0v) is 9.10. The highest BCUT2D eigenvalue weighted by Crippen LogP contribution is 2.11. The number of carbonyl (C=O) groups excluding carboxylic acids is 1. The number of hydrogen-bond donors (Lipinski definition) is 1. The van der Waals surface area contributed by atoms with Crippen molar-refractivity contribution in [1.82, 2.24) is 15.0 Å². The average molecular weight is 213 g/mol. The van der Waals surface area contributed by atoms with Gasteiger partial charge < -0.3 is 9.84 Å². The van der Waals surface area contributed by atoms with Gasteiger partial charge in [0.1, 0.15) is 0 Å². The van der Waals surface area contributed by atoms with Gasteiger partial charge in [0.05, 0.1) is 25.5 Å². The van der Waals surface area contributed by atoms with Crippen molar-refractivity contribution in [2.75, 3.05) is 7.11 Å². The highest BCUT2D eigenvalue weighted by Gasteiger charge is 2.20. The van der Waals surface area contributed by atoms with Crippen LogP contribution in [-0.4, -0.2) is 38.8 Å². The Balaban J connectivity index is 2.73. The topological polar surface area (TPSA) is 77.2 Å². The van der Waals surface area contributed by atoms with Crippen molar-refractivity contribution < 1.29 is 14.6 Å². The summed E-state index contributed by atoms with van der Waals surface area (Å²) in [4.78, 5) is 11.1. The number of ether oxygens (including phenoxy) is 1. The molecule has 0 aliphatic rings. The van der Waals surface area contributed by atoms with Crippen molar-refractivity contribution in [1.29, 1.82) is 0 Å². The lowest BCUT2D eigenvalue weighted by atomic mass is 10.0. The minimum Gasteiger partial charge on any atom is -0.464 e. The van der Waals surface area contributed by atoms with Gasteiger partial charge in [0.2, 0.25) is 0 Å². The molecular formula is C9H15N3O3. The van der Waals surface area contributed by atoms with Crippen LogP contribution in [0.3, 0.4) is 0 Å². The Labute approximate surface area is 87.9 Å². The molecule has 15 heavy (non-hydrogen) atoms. The molecule has 84 valence electrons. The highest BCUT2D eigenvalue weighted by molar-refractivity contribution is 5.86. The molecule has 1 heterocycles. The first-order valence-electron chi connectivity index (χ1n) is 4.69. The molecule has 0 amide bonds. The number of aliphatic hydroxyl groups is 1. The molecule has 0 bridgehead atoms. The van der Waals surface area contributed by atoms with E-state index in [0.29, 0.717) is 13.0 Å². The molecule has 1 N–H and O–H groups in total. The third-order valence-electron chi connectivity index (χ3n) is 2.20. The Morgan fingerprint density at radius 2 is 2.40 bits per heavy atom. The summed E-state index contributed by atoms with van der Waals surface area (Å²) < 4.78 is 5.92. The minimum atomic E-state index is -0.846. The number of rotatable bonds is 4. The van der Waals surface area contributed by atoms with Crippen LogP contribution < -0.4 is 0 Å². The van der Waals surface area contributed by atoms with Gasteiger partial charge in [-0.05, 0) is 13.3 Å². The number of esters is 1. The molecule has 6 nitrogen and oxygen atoms in total. The van der Waals surface area contributed by atoms with Gasteiger partial charge in [-0.3, -0.25) is 0 Å². The van der Waals surface area contributed by atoms with Crippen molar-refractivity contribution >= 4 is 5.97 Å². The summed E-state index contributed by atoms with van der Waals surface area (Å²) >= 11 is 0. The van der Waals surface area contributed by atoms with Gasteiger partial charge in [0.25, 0.3) is 0 Å². The molecular weight excluding hydrogens is 198 g/mol. The van der Waals surface area contributed by atoms with E-state index >= 15 is 0 Å². The summed E-state index contributed by atoms with van der Waals surface area (Å²) in [6.45, 7) is 3.87. The Hall–Kier alpha value is -1.43. The standard InChI is InChI=1S/C9H15N3O3/c1-4-9(2,14)6-12-5-7(10-11-12)8(13)15-3/h5,14H,4,6H2,1-3H3. The van der Waals surface area contributed by atoms with Crippen molar-refractivity contribution in [3.63, 3.8) is 0 Å². The third kappa shape index (κ3) is 3.02. The molecule has 0 saturated heterocycles. The van der Waals surface area contributed by atoms with Crippen molar-refractivity contribution in [3.8, 4) is 0 Å². The molecule has 1 aromatic heterocycles. The van der Waals surface area contributed by atoms with Crippen molar-refractivity contribution in [3.05, 3.63) is 11.9 Å². The van der Waals surface area contributed by atoms with Crippen LogP contribution in [0.25, 0.3) is 0 Å². The van der Waals surface area contributed by atoms with Crippen LogP contribution in [0.1, 0.15) is 30.8 Å². The normalized spacial score (nSPS) is 14.7. The van der Waals surface area contributed by atoms with E-state index in [1.165, 1.54) is 18.0 Å². The van der Waals surface area contributed by atoms with Crippen molar-refractivity contribution in [2.45, 2.75) is 32.4 Å². The van der Waals surface area contributed by atoms with E-state index in [1.807, 2.05) is 6.92 Å². The Kier molecular flexibility index (Phi) is 3.41. The van der Waals surface area contributed by atoms with E-state index in [9.17, 15) is 9.90 Å². The molecule has 0 aliphatic heterocycles. The number of nitrogens with zero attached hydrogens (tertiary/aromatic N) is 3. The lowest BCUT2D eigenvalue weighted by Crippen LogP contribution is -2.29. The zero-order chi connectivity index (χ0) is 11.5. The lowest BCUT2D eigenvalue weighted by Gasteiger charge is -2.20. The third-order valence-corrected chi connectivity index (χ3v) is 2.20. The summed E-state index contributed by atoms with van der Waals surface area (Å²) in [7, 11) is 1.28. The van der Waals surface area contributed by atoms with Crippen LogP contribution >= 0.6 is 0 Å². The van der Waals surface area contributed by atoms with E-state index < -0.39 is 11.6 Å². The maximum atomic E-state index is 11.1. The van der Waals surface area contributed by atoms with Gasteiger partial charge in [-0.25, -0.2) is 9.48 Å². The van der Waals surface area contributed by atoms with Gasteiger partial charge in [-0.2, -0.15) is 0 Å². The maximum Gasteiger partial charge on any atom is 0.360 e. The molecule has 0 spiro atoms. The Bertz CT molecular complexity index is 346. The van der Waals surface area contributed by atoms with Gasteiger partial charge >= 0.3 is 5.97 Å². The second kappa shape index (κ2) is 4.39. The van der Waals surface area contributed by atoms with E-state index in [4.69, 9.17) is 0 Å². The molecule has 0 radical (unpaired) electrons. The smallest absolute Gasteiger partial charge is 0.360 e. The first-order chi connectivity index (χ1) is 6.98. The minimum absolute atomic E-state index is 0.143. The first-order valence-corrected chi connectivity index (χ1v) is 4.69. The second-order valence-electron chi connectivity index (χ2n) is 3.64. The Morgan fingerprint density at radius 3 is 2.93 bits per heavy atom. The summed E-state index contributed by atoms with van der Waals surface area (Å²) in [5, 5.41) is 17.1. The molecule has 0 aliphatic carbocycles. The molecule has 1 rings (SSSR count). The van der Waals surface area contributed by atoms with Crippen molar-refractivity contribution in [2.24, 2.45) is 0 Å². The van der Waals surface area contributed by atoms with Crippen LogP contribution in [0.4, 0.5) is 0 Å². The molecule has 0 saturated carbocycles. The van der Waals surface area contributed by atoms with E-state index in [0.717, 1.165) is 0 Å². The monoisotopic (exact) mass is 213 g/mol. The quantitative estimate of drug-likeness (QED) is 0.724. The lowest BCUT2D eigenvalue weighted by molar-refractivity contribution is 0.0339. The predicted octanol–water partition coefficient (Wildman–Crippen LogP) is 0.226. The van der Waals surface area contributed by atoms with E-state index in [-0.39, 0.29) is 5.69 Å². The molecule has 1 atom stereocenters. The fourth-order valence-corrected chi connectivity index (χ4v) is 1.03. The molecule has 1 aromatic rings. The fraction of sp³-hybridized carbons (Fsp3) is 0.667. The second-order valence-corrected chi connectivity index (χ2v) is 3.64. The SMILES string of the molecule is CCC(C)(O)Cn1cc(C(=O)OC)nn1. The van der Waals surface area contributed by atoms with Gasteiger partial charge in [-0.15, -0.1) is 5.10 Å². The highest BCUT2D eigenvalue weighted by atomic mass is 16.5. The Morgan fingerprint density at radius 1 is 1.73 bits per heavy atom. The number of hydrogen-bond acceptors (Lipinski definition) is 5. The average Bonchev–Trinajstić information content (AvgIpc) is 2.64. The predicted molar refractivity (Wildman–Crippen MR) is 52.3 cm³/mol. The summed E-state index contributed by atoms with van der Waals surface area (Å²) in [6, 6.07) is 0. The van der Waals surface area contributed by atoms with E-state index in [2.05, 4.69) is 15.0 Å². The van der Waals surface area contributed by atoms with Crippen LogP contribution in [-0.2, 0) is 11.3 Å². The molecule has 0 fully saturated rings. The van der Waals surface area contributed by atoms with E-state index in [1.54, 1.807) is 6.92 Å². The summed E-state index contributed by atoms with van der Waals surface area (Å²) in [5.41, 5.74) is -0.703. The van der Waals surface area contributed by atoms with Crippen LogP contribution in [0, 0.1) is 0 Å². The summed E-state index contributed by atoms with van der Waals surface area (Å²) in [5.74, 6) is -0.530. The molecule has 1 unspecified atom stereocenters. The maximum absolute atomic E-state index is 11.1. The first kappa shape index (κ1) is 11.6. The van der Waals surface area contributed by atoms with Gasteiger partial charge in [-0.1, -0.05) is 12.1 Å². The number of carbonyl (C=O) groups is 1. The fourth-order valence-electron chi connectivity index (χ4n) is 1.03. The molecule has 6 heteroatoms.